The predicted octanol–water partition coefficient (Wildman–Crippen LogP) is 2.71. The number of hydrogen-bond acceptors (Lipinski definition) is 5. The van der Waals surface area contributed by atoms with E-state index in [9.17, 15) is 23.1 Å². The summed E-state index contributed by atoms with van der Waals surface area (Å²) >= 11 is 5.35. The minimum Gasteiger partial charge on any atom is -0.480 e. The van der Waals surface area contributed by atoms with Gasteiger partial charge in [-0.3, -0.25) is 14.1 Å². The lowest BCUT2D eigenvalue weighted by Gasteiger charge is -2.18. The molecule has 7 nitrogen and oxygen atoms in total. The van der Waals surface area contributed by atoms with E-state index in [0.717, 1.165) is 27.2 Å². The van der Waals surface area contributed by atoms with Gasteiger partial charge >= 0.3 is 5.97 Å². The van der Waals surface area contributed by atoms with Gasteiger partial charge in [-0.25, -0.2) is 13.2 Å². The number of carboxylic acids is 1. The number of thiocarbonyl (C=S) groups is 1. The van der Waals surface area contributed by atoms with Crippen LogP contribution in [-0.2, 0) is 21.2 Å². The van der Waals surface area contributed by atoms with Crippen LogP contribution in [0.4, 0.5) is 5.69 Å². The average Bonchev–Trinajstić information content (AvgIpc) is 3.03. The van der Waals surface area contributed by atoms with Gasteiger partial charge < -0.3 is 5.11 Å². The van der Waals surface area contributed by atoms with Crippen LogP contribution in [0.3, 0.4) is 0 Å². The first-order valence-corrected chi connectivity index (χ1v) is 11.4. The van der Waals surface area contributed by atoms with Gasteiger partial charge in [0.1, 0.15) is 6.04 Å². The second-order valence-corrected chi connectivity index (χ2v) is 9.51. The van der Waals surface area contributed by atoms with Crippen LogP contribution < -0.4 is 10.3 Å². The fraction of sp³-hybridized carbons (Fsp3) is 0.190. The van der Waals surface area contributed by atoms with Gasteiger partial charge in [0.05, 0.1) is 17.6 Å². The number of pyridine rings is 1. The molecule has 0 fully saturated rings. The highest BCUT2D eigenvalue weighted by Crippen LogP contribution is 2.34. The molecule has 1 atom stereocenters. The zero-order chi connectivity index (χ0) is 21.6. The van der Waals surface area contributed by atoms with Crippen molar-refractivity contribution >= 4 is 49.5 Å². The largest absolute Gasteiger partial charge is 0.480 e. The third-order valence-corrected chi connectivity index (χ3v) is 6.06. The molecule has 4 rings (SSSR count). The summed E-state index contributed by atoms with van der Waals surface area (Å²) in [5, 5.41) is 11.5. The number of rotatable bonds is 5. The number of benzene rings is 2. The number of nitrogens with one attached hydrogen (secondary N) is 1. The summed E-state index contributed by atoms with van der Waals surface area (Å²) in [7, 11) is -3.70. The Morgan fingerprint density at radius 1 is 1.20 bits per heavy atom. The first kappa shape index (κ1) is 20.2. The highest BCUT2D eigenvalue weighted by Gasteiger charge is 2.36. The molecular weight excluding hydrogens is 424 g/mol. The van der Waals surface area contributed by atoms with Crippen molar-refractivity contribution in [2.24, 2.45) is 0 Å². The Labute approximate surface area is 178 Å². The van der Waals surface area contributed by atoms with Crippen LogP contribution in [0, 0.1) is 0 Å². The lowest BCUT2D eigenvalue weighted by Crippen LogP contribution is -2.29. The van der Waals surface area contributed by atoms with Crippen LogP contribution in [-0.4, -0.2) is 35.2 Å². The molecule has 1 aliphatic rings. The van der Waals surface area contributed by atoms with Crippen molar-refractivity contribution in [2.75, 3.05) is 11.0 Å². The quantitative estimate of drug-likeness (QED) is 0.589. The maximum atomic E-state index is 12.8. The number of nitrogens with zero attached hydrogens (tertiary/aromatic N) is 1. The lowest BCUT2D eigenvalue weighted by molar-refractivity contribution is -0.140. The fourth-order valence-corrected chi connectivity index (χ4v) is 4.87. The second-order valence-electron chi connectivity index (χ2n) is 7.27. The molecule has 2 aromatic carbocycles. The van der Waals surface area contributed by atoms with Gasteiger partial charge in [-0.2, -0.15) is 0 Å². The molecule has 0 amide bonds. The normalized spacial score (nSPS) is 15.9. The van der Waals surface area contributed by atoms with Crippen molar-refractivity contribution in [2.45, 2.75) is 18.9 Å². The molecule has 30 heavy (non-hydrogen) atoms. The Balaban J connectivity index is 1.95. The molecule has 0 bridgehead atoms. The second kappa shape index (κ2) is 7.33. The van der Waals surface area contributed by atoms with Crippen molar-refractivity contribution < 1.29 is 18.3 Å². The zero-order valence-electron chi connectivity index (χ0n) is 16.0. The van der Waals surface area contributed by atoms with E-state index in [0.29, 0.717) is 5.56 Å². The number of carboxylic acid groups (broad SMARTS) is 1. The molecule has 2 heterocycles. The van der Waals surface area contributed by atoms with E-state index in [1.165, 1.54) is 6.07 Å². The van der Waals surface area contributed by atoms with Crippen LogP contribution in [0.15, 0.2) is 53.3 Å². The van der Waals surface area contributed by atoms with E-state index < -0.39 is 27.6 Å². The van der Waals surface area contributed by atoms with Gasteiger partial charge in [0.25, 0.3) is 5.56 Å². The molecule has 1 aromatic heterocycles. The average molecular weight is 443 g/mol. The summed E-state index contributed by atoms with van der Waals surface area (Å²) in [5.41, 5.74) is 1.16. The number of carbonyl (C=O) groups is 1. The third kappa shape index (κ3) is 3.61. The van der Waals surface area contributed by atoms with Crippen LogP contribution in [0.25, 0.3) is 10.8 Å². The van der Waals surface area contributed by atoms with Gasteiger partial charge in [0.15, 0.2) is 0 Å². The molecule has 1 aliphatic heterocycles. The van der Waals surface area contributed by atoms with E-state index in [-0.39, 0.29) is 29.1 Å². The maximum absolute atomic E-state index is 12.8. The predicted molar refractivity (Wildman–Crippen MR) is 119 cm³/mol. The van der Waals surface area contributed by atoms with Crippen molar-refractivity contribution in [1.82, 2.24) is 4.57 Å². The smallest absolute Gasteiger partial charge is 0.327 e. The molecule has 0 spiro atoms. The summed E-state index contributed by atoms with van der Waals surface area (Å²) in [5.74, 6) is -1.19. The van der Waals surface area contributed by atoms with Gasteiger partial charge in [-0.05, 0) is 21.9 Å². The highest BCUT2D eigenvalue weighted by molar-refractivity contribution is 7.92. The fourth-order valence-electron chi connectivity index (χ4n) is 3.91. The van der Waals surface area contributed by atoms with Gasteiger partial charge in [-0.15, -0.1) is 0 Å². The molecule has 154 valence electrons. The molecule has 0 radical (unpaired) electrons. The number of sulfonamides is 1. The third-order valence-electron chi connectivity index (χ3n) is 5.12. The number of aromatic nitrogens is 1. The first-order valence-electron chi connectivity index (χ1n) is 9.14. The van der Waals surface area contributed by atoms with E-state index in [4.69, 9.17) is 12.2 Å². The van der Waals surface area contributed by atoms with Gasteiger partial charge in [0.2, 0.25) is 10.0 Å². The van der Waals surface area contributed by atoms with E-state index in [1.807, 2.05) is 42.5 Å². The van der Waals surface area contributed by atoms with Crippen LogP contribution >= 0.6 is 12.2 Å². The standard InChI is InChI=1S/C21H18N2O5S2/c1-30(27,28)22-19-14(9-13-7-4-6-12-5-2-3-8-15(12)13)10-18(24)23-16(21(25)26)11-17(29)20(19)23/h2-8,10,16,22H,9,11H2,1H3,(H,25,26)/t16-/m1/s1. The van der Waals surface area contributed by atoms with Crippen molar-refractivity contribution in [1.29, 1.82) is 0 Å². The number of aliphatic carboxylic acids is 1. The topological polar surface area (TPSA) is 105 Å². The van der Waals surface area contributed by atoms with E-state index in [1.54, 1.807) is 0 Å². The monoisotopic (exact) mass is 442 g/mol. The summed E-state index contributed by atoms with van der Waals surface area (Å²) in [4.78, 5) is 24.7. The number of hydrogen-bond donors (Lipinski definition) is 2. The zero-order valence-corrected chi connectivity index (χ0v) is 17.6. The molecule has 2 N–H and O–H groups in total. The number of anilines is 1. The summed E-state index contributed by atoms with van der Waals surface area (Å²) in [6.07, 6.45) is 1.25. The Bertz CT molecular complexity index is 1370. The Morgan fingerprint density at radius 3 is 2.60 bits per heavy atom. The molecule has 0 saturated heterocycles. The number of fused-ring (bicyclic) bond motifs is 2. The Morgan fingerprint density at radius 2 is 1.90 bits per heavy atom. The van der Waals surface area contributed by atoms with E-state index >= 15 is 0 Å². The van der Waals surface area contributed by atoms with Crippen molar-refractivity contribution in [3.05, 3.63) is 75.7 Å². The van der Waals surface area contributed by atoms with Gasteiger partial charge in [0, 0.05) is 23.8 Å². The molecule has 9 heteroatoms. The minimum absolute atomic E-state index is 0.0317. The highest BCUT2D eigenvalue weighted by atomic mass is 32.2. The molecule has 0 saturated carbocycles. The minimum atomic E-state index is -3.70. The van der Waals surface area contributed by atoms with Crippen molar-refractivity contribution in [3.8, 4) is 0 Å². The lowest BCUT2D eigenvalue weighted by atomic mass is 9.97. The summed E-state index contributed by atoms with van der Waals surface area (Å²) in [6, 6.07) is 13.7. The first-order chi connectivity index (χ1) is 14.2. The van der Waals surface area contributed by atoms with Crippen LogP contribution in [0.2, 0.25) is 0 Å². The summed E-state index contributed by atoms with van der Waals surface area (Å²) < 4.78 is 27.7. The van der Waals surface area contributed by atoms with E-state index in [2.05, 4.69) is 4.72 Å². The van der Waals surface area contributed by atoms with Crippen LogP contribution in [0.1, 0.15) is 29.3 Å². The molecule has 3 aromatic rings. The summed E-state index contributed by atoms with van der Waals surface area (Å²) in [6.45, 7) is 0. The Kier molecular flexibility index (Phi) is 4.95. The maximum Gasteiger partial charge on any atom is 0.327 e. The Hall–Kier alpha value is -3.04. The molecule has 0 aliphatic carbocycles. The molecular formula is C21H18N2O5S2. The molecule has 0 unspecified atom stereocenters. The van der Waals surface area contributed by atoms with Gasteiger partial charge in [-0.1, -0.05) is 54.7 Å². The SMILES string of the molecule is CS(=O)(=O)Nc1c(Cc2cccc3ccccc23)cc(=O)n2c1C(=S)C[C@@H]2C(=O)O. The van der Waals surface area contributed by atoms with Crippen LogP contribution in [0.5, 0.6) is 0 Å². The van der Waals surface area contributed by atoms with Crippen molar-refractivity contribution in [3.63, 3.8) is 0 Å².